The van der Waals surface area contributed by atoms with Gasteiger partial charge >= 0.3 is 0 Å². The molecule has 3 heteroatoms. The predicted molar refractivity (Wildman–Crippen MR) is 69.1 cm³/mol. The third-order valence-electron chi connectivity index (χ3n) is 3.03. The predicted octanol–water partition coefficient (Wildman–Crippen LogP) is 2.11. The van der Waals surface area contributed by atoms with Gasteiger partial charge in [-0.2, -0.15) is 0 Å². The van der Waals surface area contributed by atoms with Crippen molar-refractivity contribution in [2.24, 2.45) is 23.5 Å². The van der Waals surface area contributed by atoms with E-state index in [2.05, 4.69) is 27.7 Å². The maximum absolute atomic E-state index is 12.0. The summed E-state index contributed by atoms with van der Waals surface area (Å²) in [5.74, 6) is 1.20. The van der Waals surface area contributed by atoms with Crippen molar-refractivity contribution >= 4 is 5.91 Å². The van der Waals surface area contributed by atoms with Crippen LogP contribution in [0.3, 0.4) is 0 Å². The Hall–Kier alpha value is -0.570. The normalized spacial score (nSPS) is 13.2. The van der Waals surface area contributed by atoms with Crippen LogP contribution in [0.2, 0.25) is 0 Å². The highest BCUT2D eigenvalue weighted by atomic mass is 16.2. The van der Waals surface area contributed by atoms with E-state index in [4.69, 9.17) is 5.73 Å². The largest absolute Gasteiger partial charge is 0.345 e. The number of carbonyl (C=O) groups excluding carboxylic acids is 1. The third-order valence-corrected chi connectivity index (χ3v) is 3.03. The van der Waals surface area contributed by atoms with Gasteiger partial charge in [-0.25, -0.2) is 0 Å². The smallest absolute Gasteiger partial charge is 0.226 e. The Morgan fingerprint density at radius 2 is 1.81 bits per heavy atom. The Bertz CT molecular complexity index is 202. The van der Waals surface area contributed by atoms with Gasteiger partial charge in [-0.15, -0.1) is 0 Å². The molecule has 0 aromatic carbocycles. The fraction of sp³-hybridized carbons (Fsp3) is 0.923. The number of nitrogens with zero attached hydrogens (tertiary/aromatic N) is 1. The molecule has 0 spiro atoms. The Labute approximate surface area is 100 Å². The van der Waals surface area contributed by atoms with Crippen LogP contribution < -0.4 is 5.73 Å². The van der Waals surface area contributed by atoms with E-state index in [1.54, 1.807) is 0 Å². The average Bonchev–Trinajstić information content (AvgIpc) is 2.17. The van der Waals surface area contributed by atoms with Crippen LogP contribution in [0, 0.1) is 17.8 Å². The molecule has 0 aliphatic rings. The first-order chi connectivity index (χ1) is 7.40. The van der Waals surface area contributed by atoms with Crippen LogP contribution in [0.25, 0.3) is 0 Å². The van der Waals surface area contributed by atoms with Gasteiger partial charge in [0.1, 0.15) is 0 Å². The third kappa shape index (κ3) is 5.50. The molecule has 0 heterocycles. The van der Waals surface area contributed by atoms with E-state index in [0.29, 0.717) is 18.4 Å². The fourth-order valence-corrected chi connectivity index (χ4v) is 1.79. The molecule has 1 amide bonds. The minimum atomic E-state index is -0.0240. The first kappa shape index (κ1) is 15.4. The molecule has 0 aromatic heterocycles. The van der Waals surface area contributed by atoms with Crippen molar-refractivity contribution in [1.29, 1.82) is 0 Å². The summed E-state index contributed by atoms with van der Waals surface area (Å²) in [7, 11) is 1.88. The summed E-state index contributed by atoms with van der Waals surface area (Å²) in [6, 6.07) is 0. The monoisotopic (exact) mass is 228 g/mol. The second-order valence-corrected chi connectivity index (χ2v) is 5.38. The number of rotatable bonds is 7. The number of hydrogen-bond donors (Lipinski definition) is 1. The van der Waals surface area contributed by atoms with Crippen molar-refractivity contribution in [1.82, 2.24) is 4.90 Å². The highest BCUT2D eigenvalue weighted by Crippen LogP contribution is 2.13. The van der Waals surface area contributed by atoms with Gasteiger partial charge in [-0.3, -0.25) is 4.79 Å². The van der Waals surface area contributed by atoms with Gasteiger partial charge in [0.15, 0.2) is 0 Å². The van der Waals surface area contributed by atoms with Crippen molar-refractivity contribution in [2.45, 2.75) is 40.5 Å². The molecule has 0 aliphatic heterocycles. The molecule has 96 valence electrons. The van der Waals surface area contributed by atoms with Gasteiger partial charge in [0.05, 0.1) is 5.92 Å². The van der Waals surface area contributed by atoms with Crippen molar-refractivity contribution in [3.63, 3.8) is 0 Å². The molecule has 0 fully saturated rings. The van der Waals surface area contributed by atoms with E-state index in [0.717, 1.165) is 13.0 Å². The van der Waals surface area contributed by atoms with Crippen LogP contribution >= 0.6 is 0 Å². The van der Waals surface area contributed by atoms with Crippen LogP contribution in [-0.4, -0.2) is 30.9 Å². The number of nitrogens with two attached hydrogens (primary N) is 1. The van der Waals surface area contributed by atoms with Crippen LogP contribution in [0.5, 0.6) is 0 Å². The summed E-state index contributed by atoms with van der Waals surface area (Å²) >= 11 is 0. The van der Waals surface area contributed by atoms with E-state index >= 15 is 0 Å². The quantitative estimate of drug-likeness (QED) is 0.725. The number of hydrogen-bond acceptors (Lipinski definition) is 2. The molecular weight excluding hydrogens is 200 g/mol. The molecule has 1 unspecified atom stereocenters. The SMILES string of the molecule is CC(C)CCCN(C)C(=O)C(CN)C(C)C. The summed E-state index contributed by atoms with van der Waals surface area (Å²) in [6.45, 7) is 9.82. The van der Waals surface area contributed by atoms with Crippen molar-refractivity contribution in [3.05, 3.63) is 0 Å². The summed E-state index contributed by atoms with van der Waals surface area (Å²) < 4.78 is 0. The van der Waals surface area contributed by atoms with E-state index in [1.165, 1.54) is 6.42 Å². The topological polar surface area (TPSA) is 46.3 Å². The highest BCUT2D eigenvalue weighted by molar-refractivity contribution is 5.79. The maximum Gasteiger partial charge on any atom is 0.226 e. The van der Waals surface area contributed by atoms with Crippen LogP contribution in [0.4, 0.5) is 0 Å². The van der Waals surface area contributed by atoms with Crippen molar-refractivity contribution < 1.29 is 4.79 Å². The second kappa shape index (κ2) is 7.66. The number of amides is 1. The Balaban J connectivity index is 4.06. The molecular formula is C13H28N2O. The zero-order valence-electron chi connectivity index (χ0n) is 11.5. The van der Waals surface area contributed by atoms with Crippen LogP contribution in [-0.2, 0) is 4.79 Å². The van der Waals surface area contributed by atoms with Crippen molar-refractivity contribution in [3.8, 4) is 0 Å². The molecule has 0 aliphatic carbocycles. The molecule has 3 nitrogen and oxygen atoms in total. The molecule has 16 heavy (non-hydrogen) atoms. The lowest BCUT2D eigenvalue weighted by Crippen LogP contribution is -2.39. The summed E-state index contributed by atoms with van der Waals surface area (Å²) in [5, 5.41) is 0. The molecule has 0 saturated carbocycles. The molecule has 0 rings (SSSR count). The highest BCUT2D eigenvalue weighted by Gasteiger charge is 2.23. The zero-order valence-corrected chi connectivity index (χ0v) is 11.5. The molecule has 0 saturated heterocycles. The Morgan fingerprint density at radius 3 is 2.19 bits per heavy atom. The van der Waals surface area contributed by atoms with E-state index in [-0.39, 0.29) is 11.8 Å². The molecule has 0 radical (unpaired) electrons. The lowest BCUT2D eigenvalue weighted by Gasteiger charge is -2.25. The summed E-state index contributed by atoms with van der Waals surface area (Å²) in [4.78, 5) is 13.9. The minimum Gasteiger partial charge on any atom is -0.345 e. The number of carbonyl (C=O) groups is 1. The van der Waals surface area contributed by atoms with Gasteiger partial charge in [-0.05, 0) is 24.7 Å². The molecule has 0 bridgehead atoms. The fourth-order valence-electron chi connectivity index (χ4n) is 1.79. The zero-order chi connectivity index (χ0) is 12.7. The maximum atomic E-state index is 12.0. The first-order valence-electron chi connectivity index (χ1n) is 6.35. The van der Waals surface area contributed by atoms with E-state index in [9.17, 15) is 4.79 Å². The van der Waals surface area contributed by atoms with E-state index in [1.807, 2.05) is 11.9 Å². The standard InChI is InChI=1S/C13H28N2O/c1-10(2)7-6-8-15(5)13(16)12(9-14)11(3)4/h10-12H,6-9,14H2,1-5H3. The van der Waals surface area contributed by atoms with Gasteiger partial charge in [0.2, 0.25) is 5.91 Å². The lowest BCUT2D eigenvalue weighted by atomic mass is 9.94. The Kier molecular flexibility index (Phi) is 7.39. The van der Waals surface area contributed by atoms with Crippen molar-refractivity contribution in [2.75, 3.05) is 20.1 Å². The van der Waals surface area contributed by atoms with Gasteiger partial charge in [0, 0.05) is 20.1 Å². The van der Waals surface area contributed by atoms with Gasteiger partial charge < -0.3 is 10.6 Å². The molecule has 1 atom stereocenters. The Morgan fingerprint density at radius 1 is 1.25 bits per heavy atom. The lowest BCUT2D eigenvalue weighted by molar-refractivity contribution is -0.135. The second-order valence-electron chi connectivity index (χ2n) is 5.38. The first-order valence-corrected chi connectivity index (χ1v) is 6.35. The average molecular weight is 228 g/mol. The van der Waals surface area contributed by atoms with Crippen LogP contribution in [0.15, 0.2) is 0 Å². The summed E-state index contributed by atoms with van der Waals surface area (Å²) in [5.41, 5.74) is 5.64. The van der Waals surface area contributed by atoms with Crippen LogP contribution in [0.1, 0.15) is 40.5 Å². The molecule has 0 aromatic rings. The van der Waals surface area contributed by atoms with Gasteiger partial charge in [-0.1, -0.05) is 27.7 Å². The van der Waals surface area contributed by atoms with Gasteiger partial charge in [0.25, 0.3) is 0 Å². The van der Waals surface area contributed by atoms with E-state index < -0.39 is 0 Å². The summed E-state index contributed by atoms with van der Waals surface area (Å²) in [6.07, 6.45) is 2.25. The minimum absolute atomic E-state index is 0.0240. The molecule has 2 N–H and O–H groups in total.